The molecule has 0 atom stereocenters. The van der Waals surface area contributed by atoms with Crippen LogP contribution in [0.1, 0.15) is 23.2 Å². The molecule has 0 spiro atoms. The third-order valence-corrected chi connectivity index (χ3v) is 3.08. The molecule has 1 aromatic rings. The number of aryl methyl sites for hydroxylation is 1. The van der Waals surface area contributed by atoms with E-state index in [9.17, 15) is 9.59 Å². The van der Waals surface area contributed by atoms with Crippen LogP contribution in [-0.2, 0) is 11.8 Å². The number of likely N-dealkylation sites (tertiary alicyclic amines) is 1. The molecule has 6 nitrogen and oxygen atoms in total. The van der Waals surface area contributed by atoms with Gasteiger partial charge in [-0.1, -0.05) is 0 Å². The van der Waals surface area contributed by atoms with Gasteiger partial charge in [-0.15, -0.1) is 0 Å². The van der Waals surface area contributed by atoms with Crippen LogP contribution in [0.2, 0.25) is 0 Å². The Morgan fingerprint density at radius 3 is 2.53 bits per heavy atom. The predicted octanol–water partition coefficient (Wildman–Crippen LogP) is 0.357. The number of amides is 1. The molecular weight excluding hydrogens is 222 g/mol. The van der Waals surface area contributed by atoms with E-state index in [1.807, 2.05) is 0 Å². The Labute approximate surface area is 98.8 Å². The van der Waals surface area contributed by atoms with Gasteiger partial charge in [-0.25, -0.2) is 0 Å². The Morgan fingerprint density at radius 1 is 1.41 bits per heavy atom. The monoisotopic (exact) mass is 237 g/mol. The van der Waals surface area contributed by atoms with Crippen molar-refractivity contribution in [3.63, 3.8) is 0 Å². The molecule has 0 saturated carbocycles. The Balaban J connectivity index is 1.97. The summed E-state index contributed by atoms with van der Waals surface area (Å²) >= 11 is 0. The number of aliphatic carboxylic acids is 1. The third kappa shape index (κ3) is 2.46. The zero-order valence-electron chi connectivity index (χ0n) is 9.67. The summed E-state index contributed by atoms with van der Waals surface area (Å²) in [6, 6.07) is 0. The van der Waals surface area contributed by atoms with Crippen LogP contribution in [-0.4, -0.2) is 44.8 Å². The molecule has 1 saturated heterocycles. The van der Waals surface area contributed by atoms with Crippen LogP contribution in [0.25, 0.3) is 0 Å². The molecule has 6 heteroatoms. The first-order valence-electron chi connectivity index (χ1n) is 5.58. The molecule has 0 radical (unpaired) electrons. The highest BCUT2D eigenvalue weighted by Crippen LogP contribution is 2.18. The Bertz CT molecular complexity index is 433. The normalized spacial score (nSPS) is 17.1. The summed E-state index contributed by atoms with van der Waals surface area (Å²) in [5.74, 6) is -1.15. The van der Waals surface area contributed by atoms with E-state index in [0.29, 0.717) is 31.5 Å². The minimum Gasteiger partial charge on any atom is -0.481 e. The summed E-state index contributed by atoms with van der Waals surface area (Å²) in [7, 11) is 1.76. The molecule has 2 rings (SSSR count). The van der Waals surface area contributed by atoms with Crippen molar-refractivity contribution < 1.29 is 14.7 Å². The van der Waals surface area contributed by atoms with Gasteiger partial charge in [0.25, 0.3) is 5.91 Å². The van der Waals surface area contributed by atoms with Crippen LogP contribution in [0, 0.1) is 5.92 Å². The van der Waals surface area contributed by atoms with Crippen molar-refractivity contribution in [1.29, 1.82) is 0 Å². The molecule has 1 aliphatic rings. The van der Waals surface area contributed by atoms with Gasteiger partial charge in [0, 0.05) is 26.3 Å². The molecule has 0 unspecified atom stereocenters. The molecule has 2 heterocycles. The van der Waals surface area contributed by atoms with Gasteiger partial charge in [0.05, 0.1) is 17.7 Å². The second-order valence-electron chi connectivity index (χ2n) is 4.31. The van der Waals surface area contributed by atoms with E-state index in [0.717, 1.165) is 0 Å². The van der Waals surface area contributed by atoms with Crippen molar-refractivity contribution in [2.45, 2.75) is 12.8 Å². The first-order valence-corrected chi connectivity index (χ1v) is 5.58. The van der Waals surface area contributed by atoms with Crippen LogP contribution in [0.3, 0.4) is 0 Å². The third-order valence-electron chi connectivity index (χ3n) is 3.08. The van der Waals surface area contributed by atoms with Crippen LogP contribution < -0.4 is 0 Å². The fourth-order valence-electron chi connectivity index (χ4n) is 2.04. The Hall–Kier alpha value is -1.85. The van der Waals surface area contributed by atoms with Crippen molar-refractivity contribution in [2.24, 2.45) is 13.0 Å². The second kappa shape index (κ2) is 4.57. The highest BCUT2D eigenvalue weighted by atomic mass is 16.4. The van der Waals surface area contributed by atoms with Gasteiger partial charge < -0.3 is 10.0 Å². The van der Waals surface area contributed by atoms with E-state index in [4.69, 9.17) is 5.11 Å². The van der Waals surface area contributed by atoms with Crippen LogP contribution in [0.15, 0.2) is 12.4 Å². The average Bonchev–Trinajstić information content (AvgIpc) is 2.75. The van der Waals surface area contributed by atoms with E-state index >= 15 is 0 Å². The zero-order chi connectivity index (χ0) is 12.4. The summed E-state index contributed by atoms with van der Waals surface area (Å²) in [6.07, 6.45) is 4.26. The van der Waals surface area contributed by atoms with Gasteiger partial charge in [0.15, 0.2) is 0 Å². The van der Waals surface area contributed by atoms with Gasteiger partial charge in [-0.05, 0) is 12.8 Å². The first kappa shape index (κ1) is 11.6. The van der Waals surface area contributed by atoms with Gasteiger partial charge >= 0.3 is 5.97 Å². The molecule has 1 fully saturated rings. The topological polar surface area (TPSA) is 75.4 Å². The number of hydrogen-bond acceptors (Lipinski definition) is 3. The van der Waals surface area contributed by atoms with Crippen LogP contribution in [0.4, 0.5) is 0 Å². The maximum Gasteiger partial charge on any atom is 0.306 e. The number of nitrogens with zero attached hydrogens (tertiary/aromatic N) is 3. The number of rotatable bonds is 2. The standard InChI is InChI=1S/C11H15N3O3/c1-13-7-9(6-12-13)10(15)14-4-2-8(3-5-14)11(16)17/h6-8H,2-5H2,1H3,(H,16,17). The second-order valence-corrected chi connectivity index (χ2v) is 4.31. The number of carboxylic acids is 1. The van der Waals surface area contributed by atoms with Crippen molar-refractivity contribution in [3.8, 4) is 0 Å². The van der Waals surface area contributed by atoms with Gasteiger partial charge in [0.1, 0.15) is 0 Å². The molecule has 92 valence electrons. The number of hydrogen-bond donors (Lipinski definition) is 1. The number of carbonyl (C=O) groups excluding carboxylic acids is 1. The minimum absolute atomic E-state index is 0.0676. The highest BCUT2D eigenvalue weighted by molar-refractivity contribution is 5.93. The van der Waals surface area contributed by atoms with E-state index in [-0.39, 0.29) is 11.8 Å². The molecular formula is C11H15N3O3. The molecule has 1 aliphatic heterocycles. The number of carboxylic acid groups (broad SMARTS) is 1. The largest absolute Gasteiger partial charge is 0.481 e. The number of piperidine rings is 1. The maximum atomic E-state index is 12.0. The highest BCUT2D eigenvalue weighted by Gasteiger charge is 2.27. The average molecular weight is 237 g/mol. The summed E-state index contributed by atoms with van der Waals surface area (Å²) in [6.45, 7) is 1.01. The van der Waals surface area contributed by atoms with E-state index < -0.39 is 5.97 Å². The number of carbonyl (C=O) groups is 2. The summed E-state index contributed by atoms with van der Waals surface area (Å²) in [5, 5.41) is 12.8. The molecule has 0 aromatic carbocycles. The van der Waals surface area contributed by atoms with Gasteiger partial charge in [-0.3, -0.25) is 14.3 Å². The summed E-state index contributed by atoms with van der Waals surface area (Å²) in [4.78, 5) is 24.5. The predicted molar refractivity (Wildman–Crippen MR) is 59.5 cm³/mol. The Kier molecular flexibility index (Phi) is 3.12. The van der Waals surface area contributed by atoms with E-state index in [2.05, 4.69) is 5.10 Å². The van der Waals surface area contributed by atoms with Crippen LogP contribution >= 0.6 is 0 Å². The SMILES string of the molecule is Cn1cc(C(=O)N2CCC(C(=O)O)CC2)cn1. The fraction of sp³-hybridized carbons (Fsp3) is 0.545. The summed E-state index contributed by atoms with van der Waals surface area (Å²) in [5.41, 5.74) is 0.557. The van der Waals surface area contributed by atoms with Crippen LogP contribution in [0.5, 0.6) is 0 Å². The van der Waals surface area contributed by atoms with E-state index in [1.54, 1.807) is 22.8 Å². The molecule has 1 aromatic heterocycles. The lowest BCUT2D eigenvalue weighted by Crippen LogP contribution is -2.40. The minimum atomic E-state index is -0.765. The lowest BCUT2D eigenvalue weighted by atomic mass is 9.97. The number of aromatic nitrogens is 2. The van der Waals surface area contributed by atoms with E-state index in [1.165, 1.54) is 6.20 Å². The Morgan fingerprint density at radius 2 is 2.06 bits per heavy atom. The quantitative estimate of drug-likeness (QED) is 0.805. The molecule has 1 amide bonds. The fourth-order valence-corrected chi connectivity index (χ4v) is 2.04. The van der Waals surface area contributed by atoms with Crippen molar-refractivity contribution >= 4 is 11.9 Å². The molecule has 1 N–H and O–H groups in total. The lowest BCUT2D eigenvalue weighted by Gasteiger charge is -2.29. The van der Waals surface area contributed by atoms with Gasteiger partial charge in [-0.2, -0.15) is 5.10 Å². The molecule has 0 bridgehead atoms. The summed E-state index contributed by atoms with van der Waals surface area (Å²) < 4.78 is 1.58. The smallest absolute Gasteiger partial charge is 0.306 e. The molecule has 0 aliphatic carbocycles. The lowest BCUT2D eigenvalue weighted by molar-refractivity contribution is -0.143. The van der Waals surface area contributed by atoms with Crippen molar-refractivity contribution in [1.82, 2.24) is 14.7 Å². The first-order chi connectivity index (χ1) is 8.08. The molecule has 17 heavy (non-hydrogen) atoms. The zero-order valence-corrected chi connectivity index (χ0v) is 9.67. The van der Waals surface area contributed by atoms with Crippen molar-refractivity contribution in [2.75, 3.05) is 13.1 Å². The maximum absolute atomic E-state index is 12.0. The van der Waals surface area contributed by atoms with Crippen molar-refractivity contribution in [3.05, 3.63) is 18.0 Å². The van der Waals surface area contributed by atoms with Gasteiger partial charge in [0.2, 0.25) is 0 Å².